The smallest absolute Gasteiger partial charge is 0.144 e. The van der Waals surface area contributed by atoms with Crippen molar-refractivity contribution in [3.05, 3.63) is 71.5 Å². The minimum atomic E-state index is -0.0217. The molecule has 0 heterocycles. The van der Waals surface area contributed by atoms with Gasteiger partial charge in [-0.1, -0.05) is 25.3 Å². The number of rotatable bonds is 15. The molecule has 1 saturated carbocycles. The van der Waals surface area contributed by atoms with Gasteiger partial charge in [-0.15, -0.1) is 0 Å². The van der Waals surface area contributed by atoms with Crippen molar-refractivity contribution in [2.75, 3.05) is 26.9 Å². The third-order valence-corrected chi connectivity index (χ3v) is 6.07. The lowest BCUT2D eigenvalue weighted by Crippen LogP contribution is -2.10. The lowest BCUT2D eigenvalue weighted by atomic mass is 9.93. The van der Waals surface area contributed by atoms with Gasteiger partial charge in [-0.25, -0.2) is 0 Å². The Morgan fingerprint density at radius 1 is 1.03 bits per heavy atom. The van der Waals surface area contributed by atoms with Crippen LogP contribution in [0.15, 0.2) is 49.2 Å². The van der Waals surface area contributed by atoms with Crippen molar-refractivity contribution in [3.8, 4) is 17.2 Å². The molecule has 0 aromatic heterocycles. The van der Waals surface area contributed by atoms with Gasteiger partial charge in [0.15, 0.2) is 0 Å². The minimum absolute atomic E-state index is 0.0217. The summed E-state index contributed by atoms with van der Waals surface area (Å²) < 4.78 is 17.5. The molecule has 1 fully saturated rings. The molecular formula is C28H38N2O4. The second kappa shape index (κ2) is 12.4. The third-order valence-electron chi connectivity index (χ3n) is 6.07. The average Bonchev–Trinajstić information content (AvgIpc) is 3.63. The summed E-state index contributed by atoms with van der Waals surface area (Å²) in [5.74, 6) is 3.04. The molecule has 0 amide bonds. The van der Waals surface area contributed by atoms with E-state index in [-0.39, 0.29) is 12.4 Å². The maximum atomic E-state index is 9.35. The predicted octanol–water partition coefficient (Wildman–Crippen LogP) is 4.93. The zero-order chi connectivity index (χ0) is 24.5. The van der Waals surface area contributed by atoms with E-state index in [1.807, 2.05) is 24.3 Å². The van der Waals surface area contributed by atoms with Gasteiger partial charge in [-0.2, -0.15) is 0 Å². The number of aryl methyl sites for hydroxylation is 1. The monoisotopic (exact) mass is 466 g/mol. The molecule has 5 N–H and O–H groups in total. The van der Waals surface area contributed by atoms with Crippen LogP contribution >= 0.6 is 0 Å². The molecule has 6 heteroatoms. The van der Waals surface area contributed by atoms with Crippen LogP contribution in [0.2, 0.25) is 0 Å². The highest BCUT2D eigenvalue weighted by molar-refractivity contribution is 5.69. The van der Waals surface area contributed by atoms with Crippen molar-refractivity contribution in [2.45, 2.75) is 44.9 Å². The summed E-state index contributed by atoms with van der Waals surface area (Å²) in [6.45, 7) is 8.50. The van der Waals surface area contributed by atoms with Gasteiger partial charge in [0, 0.05) is 16.8 Å². The van der Waals surface area contributed by atoms with Crippen LogP contribution in [0.25, 0.3) is 5.70 Å². The van der Waals surface area contributed by atoms with Crippen molar-refractivity contribution in [3.63, 3.8) is 0 Å². The summed E-state index contributed by atoms with van der Waals surface area (Å²) in [5.41, 5.74) is 16.7. The number of hydrogen-bond acceptors (Lipinski definition) is 6. The van der Waals surface area contributed by atoms with E-state index < -0.39 is 0 Å². The Hall–Kier alpha value is -3.12. The highest BCUT2D eigenvalue weighted by Gasteiger charge is 2.26. The lowest BCUT2D eigenvalue weighted by molar-refractivity contribution is 0.265. The Labute approximate surface area is 203 Å². The number of methoxy groups -OCH3 is 1. The first-order chi connectivity index (χ1) is 16.4. The third kappa shape index (κ3) is 6.94. The number of ether oxygens (including phenoxy) is 3. The maximum absolute atomic E-state index is 9.35. The summed E-state index contributed by atoms with van der Waals surface area (Å²) in [6.07, 6.45) is 7.09. The molecular weight excluding hydrogens is 428 g/mol. The van der Waals surface area contributed by atoms with Crippen LogP contribution in [0.5, 0.6) is 17.2 Å². The molecule has 1 aliphatic rings. The molecule has 2 aromatic carbocycles. The van der Waals surface area contributed by atoms with Crippen molar-refractivity contribution in [1.82, 2.24) is 0 Å². The van der Waals surface area contributed by atoms with Crippen molar-refractivity contribution in [1.29, 1.82) is 0 Å². The Kier molecular flexibility index (Phi) is 9.28. The van der Waals surface area contributed by atoms with E-state index in [2.05, 4.69) is 19.2 Å². The first-order valence-electron chi connectivity index (χ1n) is 12.0. The van der Waals surface area contributed by atoms with E-state index in [0.717, 1.165) is 54.2 Å². The molecule has 0 atom stereocenters. The molecule has 0 saturated heterocycles. The average molecular weight is 467 g/mol. The summed E-state index contributed by atoms with van der Waals surface area (Å²) >= 11 is 0. The highest BCUT2D eigenvalue weighted by atomic mass is 16.5. The van der Waals surface area contributed by atoms with E-state index in [1.54, 1.807) is 7.11 Å². The SMILES string of the molecule is C=C(O)COc1cccc(OCCCCc2ccc(C(=C)N)c(OC)c2CC2CC2)c1CCN. The fourth-order valence-electron chi connectivity index (χ4n) is 4.19. The Morgan fingerprint density at radius 3 is 2.38 bits per heavy atom. The van der Waals surface area contributed by atoms with Crippen LogP contribution < -0.4 is 25.7 Å². The molecule has 0 unspecified atom stereocenters. The van der Waals surface area contributed by atoms with Crippen LogP contribution in [0.4, 0.5) is 0 Å². The molecule has 2 aromatic rings. The van der Waals surface area contributed by atoms with Crippen LogP contribution in [-0.2, 0) is 19.3 Å². The van der Waals surface area contributed by atoms with E-state index >= 15 is 0 Å². The van der Waals surface area contributed by atoms with Gasteiger partial charge in [0.05, 0.1) is 13.7 Å². The van der Waals surface area contributed by atoms with E-state index in [9.17, 15) is 5.11 Å². The minimum Gasteiger partial charge on any atom is -0.509 e. The summed E-state index contributed by atoms with van der Waals surface area (Å²) in [5, 5.41) is 9.35. The fourth-order valence-corrected chi connectivity index (χ4v) is 4.19. The maximum Gasteiger partial charge on any atom is 0.144 e. The molecule has 0 radical (unpaired) electrons. The zero-order valence-corrected chi connectivity index (χ0v) is 20.3. The van der Waals surface area contributed by atoms with Crippen molar-refractivity contribution >= 4 is 5.70 Å². The van der Waals surface area contributed by atoms with Gasteiger partial charge in [-0.05, 0) is 86.7 Å². The molecule has 0 aliphatic heterocycles. The molecule has 0 spiro atoms. The van der Waals surface area contributed by atoms with Gasteiger partial charge in [0.1, 0.15) is 29.6 Å². The molecule has 34 heavy (non-hydrogen) atoms. The molecule has 6 nitrogen and oxygen atoms in total. The normalized spacial score (nSPS) is 12.9. The molecule has 0 bridgehead atoms. The van der Waals surface area contributed by atoms with Gasteiger partial charge in [-0.3, -0.25) is 0 Å². The van der Waals surface area contributed by atoms with Crippen LogP contribution in [0.1, 0.15) is 47.9 Å². The largest absolute Gasteiger partial charge is 0.509 e. The van der Waals surface area contributed by atoms with E-state index in [4.69, 9.17) is 25.7 Å². The summed E-state index contributed by atoms with van der Waals surface area (Å²) in [4.78, 5) is 0. The second-order valence-electron chi connectivity index (χ2n) is 8.89. The van der Waals surface area contributed by atoms with Gasteiger partial charge in [0.25, 0.3) is 0 Å². The number of hydrogen-bond donors (Lipinski definition) is 3. The topological polar surface area (TPSA) is 100.0 Å². The summed E-state index contributed by atoms with van der Waals surface area (Å²) in [6, 6.07) is 9.87. The van der Waals surface area contributed by atoms with Crippen LogP contribution in [0.3, 0.4) is 0 Å². The molecule has 1 aliphatic carbocycles. The van der Waals surface area contributed by atoms with E-state index in [0.29, 0.717) is 31.0 Å². The lowest BCUT2D eigenvalue weighted by Gasteiger charge is -2.18. The fraction of sp³-hybridized carbons (Fsp3) is 0.429. The molecule has 184 valence electrons. The standard InChI is InChI=1S/C28H38N2O4/c1-19(31)18-34-27-9-6-8-26(24(27)14-15-29)33-16-5-4-7-22-12-13-23(20(2)30)28(32-3)25(22)17-21-10-11-21/h6,8-9,12-13,21,31H,1-2,4-5,7,10-11,14-18,29-30H2,3H3. The van der Waals surface area contributed by atoms with Gasteiger partial charge in [0.2, 0.25) is 0 Å². The van der Waals surface area contributed by atoms with E-state index in [1.165, 1.54) is 24.0 Å². The number of nitrogens with two attached hydrogens (primary N) is 2. The number of aliphatic hydroxyl groups excluding tert-OH is 1. The quantitative estimate of drug-likeness (QED) is 0.254. The Morgan fingerprint density at radius 2 is 1.76 bits per heavy atom. The summed E-state index contributed by atoms with van der Waals surface area (Å²) in [7, 11) is 1.71. The van der Waals surface area contributed by atoms with Crippen molar-refractivity contribution in [2.24, 2.45) is 17.4 Å². The highest BCUT2D eigenvalue weighted by Crippen LogP contribution is 2.39. The van der Waals surface area contributed by atoms with Gasteiger partial charge < -0.3 is 30.8 Å². The molecule has 3 rings (SSSR count). The van der Waals surface area contributed by atoms with Gasteiger partial charge >= 0.3 is 0 Å². The van der Waals surface area contributed by atoms with Crippen LogP contribution in [0, 0.1) is 5.92 Å². The predicted molar refractivity (Wildman–Crippen MR) is 138 cm³/mol. The van der Waals surface area contributed by atoms with Crippen LogP contribution in [-0.4, -0.2) is 32.0 Å². The zero-order valence-electron chi connectivity index (χ0n) is 20.3. The first-order valence-corrected chi connectivity index (χ1v) is 12.0. The number of benzene rings is 2. The second-order valence-corrected chi connectivity index (χ2v) is 8.89. The van der Waals surface area contributed by atoms with Crippen molar-refractivity contribution < 1.29 is 19.3 Å². The number of unbranched alkanes of at least 4 members (excludes halogenated alkanes) is 1. The number of aliphatic hydroxyl groups is 1. The first kappa shape index (κ1) is 25.5. The Bertz CT molecular complexity index is 998. The Balaban J connectivity index is 1.61.